The van der Waals surface area contributed by atoms with Crippen molar-refractivity contribution in [2.75, 3.05) is 7.05 Å². The summed E-state index contributed by atoms with van der Waals surface area (Å²) in [5.74, 6) is 0.890. The van der Waals surface area contributed by atoms with Gasteiger partial charge in [0.1, 0.15) is 5.76 Å². The largest absolute Gasteiger partial charge is 0.361 e. The highest BCUT2D eigenvalue weighted by atomic mass is 32.1. The van der Waals surface area contributed by atoms with E-state index in [-0.39, 0.29) is 5.91 Å². The fourth-order valence-electron chi connectivity index (χ4n) is 1.75. The van der Waals surface area contributed by atoms with E-state index in [4.69, 9.17) is 4.52 Å². The summed E-state index contributed by atoms with van der Waals surface area (Å²) in [6.45, 7) is 4.31. The minimum atomic E-state index is 0.109. The number of amides is 1. The summed E-state index contributed by atoms with van der Waals surface area (Å²) >= 11 is 1.60. The quantitative estimate of drug-likeness (QED) is 0.852. The van der Waals surface area contributed by atoms with Gasteiger partial charge in [-0.3, -0.25) is 4.79 Å². The molecule has 0 aliphatic carbocycles. The molecule has 0 spiro atoms. The second-order valence-corrected chi connectivity index (χ2v) is 5.34. The smallest absolute Gasteiger partial charge is 0.227 e. The van der Waals surface area contributed by atoms with Crippen LogP contribution in [0, 0.1) is 13.8 Å². The number of hydrogen-bond donors (Lipinski definition) is 0. The zero-order chi connectivity index (χ0) is 13.1. The molecule has 0 N–H and O–H groups in total. The summed E-state index contributed by atoms with van der Waals surface area (Å²) in [5, 5.41) is 5.88. The molecule has 0 unspecified atom stereocenters. The molecule has 0 aromatic carbocycles. The van der Waals surface area contributed by atoms with Crippen LogP contribution in [0.2, 0.25) is 0 Å². The van der Waals surface area contributed by atoms with Crippen molar-refractivity contribution in [3.05, 3.63) is 39.4 Å². The normalized spacial score (nSPS) is 10.6. The average molecular weight is 264 g/mol. The molecule has 0 atom stereocenters. The lowest BCUT2D eigenvalue weighted by Gasteiger charge is -2.16. The first-order valence-corrected chi connectivity index (χ1v) is 6.64. The van der Waals surface area contributed by atoms with Gasteiger partial charge < -0.3 is 9.42 Å². The molecule has 0 radical (unpaired) electrons. The van der Waals surface area contributed by atoms with Gasteiger partial charge in [0.15, 0.2) is 0 Å². The molecule has 2 rings (SSSR count). The number of carbonyl (C=O) groups excluding carboxylic acids is 1. The third-order valence-corrected chi connectivity index (χ3v) is 3.78. The number of carbonyl (C=O) groups is 1. The fraction of sp³-hybridized carbons (Fsp3) is 0.385. The van der Waals surface area contributed by atoms with Gasteiger partial charge in [0.2, 0.25) is 5.91 Å². The van der Waals surface area contributed by atoms with Crippen LogP contribution < -0.4 is 0 Å². The summed E-state index contributed by atoms with van der Waals surface area (Å²) in [6, 6.07) is 3.94. The monoisotopic (exact) mass is 264 g/mol. The van der Waals surface area contributed by atoms with Crippen molar-refractivity contribution in [1.29, 1.82) is 0 Å². The van der Waals surface area contributed by atoms with E-state index in [1.807, 2.05) is 38.4 Å². The molecule has 0 aliphatic rings. The van der Waals surface area contributed by atoms with Crippen LogP contribution in [0.4, 0.5) is 0 Å². The Morgan fingerprint density at radius 1 is 1.50 bits per heavy atom. The second kappa shape index (κ2) is 5.35. The molecule has 2 aromatic heterocycles. The molecule has 2 heterocycles. The van der Waals surface area contributed by atoms with Crippen LogP contribution in [0.5, 0.6) is 0 Å². The molecule has 0 saturated heterocycles. The molecule has 1 amide bonds. The lowest BCUT2D eigenvalue weighted by molar-refractivity contribution is -0.129. The number of rotatable bonds is 4. The van der Waals surface area contributed by atoms with E-state index < -0.39 is 0 Å². The Morgan fingerprint density at radius 2 is 2.28 bits per heavy atom. The molecule has 4 nitrogen and oxygen atoms in total. The second-order valence-electron chi connectivity index (χ2n) is 4.31. The molecular formula is C13H16N2O2S. The van der Waals surface area contributed by atoms with Gasteiger partial charge in [0, 0.05) is 17.5 Å². The van der Waals surface area contributed by atoms with E-state index in [1.165, 1.54) is 0 Å². The summed E-state index contributed by atoms with van der Waals surface area (Å²) in [7, 11) is 1.81. The van der Waals surface area contributed by atoms with Gasteiger partial charge >= 0.3 is 0 Å². The Kier molecular flexibility index (Phi) is 3.81. The molecule has 96 valence electrons. The predicted octanol–water partition coefficient (Wildman–Crippen LogP) is 2.55. The highest BCUT2D eigenvalue weighted by Gasteiger charge is 2.15. The molecule has 0 fully saturated rings. The van der Waals surface area contributed by atoms with Gasteiger partial charge in [-0.25, -0.2) is 0 Å². The summed E-state index contributed by atoms with van der Waals surface area (Å²) < 4.78 is 5.10. The zero-order valence-electron chi connectivity index (χ0n) is 10.8. The van der Waals surface area contributed by atoms with E-state index >= 15 is 0 Å². The summed E-state index contributed by atoms with van der Waals surface area (Å²) in [6.07, 6.45) is 0.456. The standard InChI is InChI=1S/C13H16N2O2S/c1-9-12(10(2)17-14-9)8-15(3)13(16)7-11-5-4-6-18-11/h4-6H,7-8H2,1-3H3. The van der Waals surface area contributed by atoms with Gasteiger partial charge in [-0.15, -0.1) is 11.3 Å². The third-order valence-electron chi connectivity index (χ3n) is 2.91. The van der Waals surface area contributed by atoms with Crippen LogP contribution >= 0.6 is 11.3 Å². The Labute approximate surface area is 110 Å². The maximum Gasteiger partial charge on any atom is 0.227 e. The SMILES string of the molecule is Cc1noc(C)c1CN(C)C(=O)Cc1cccs1. The van der Waals surface area contributed by atoms with Gasteiger partial charge in [0.05, 0.1) is 18.7 Å². The van der Waals surface area contributed by atoms with E-state index in [0.29, 0.717) is 13.0 Å². The first-order chi connectivity index (χ1) is 8.58. The van der Waals surface area contributed by atoms with E-state index in [0.717, 1.165) is 21.9 Å². The van der Waals surface area contributed by atoms with Gasteiger partial charge in [-0.1, -0.05) is 11.2 Å². The maximum absolute atomic E-state index is 12.0. The van der Waals surface area contributed by atoms with Gasteiger partial charge in [-0.05, 0) is 25.3 Å². The molecule has 0 aliphatic heterocycles. The van der Waals surface area contributed by atoms with Gasteiger partial charge in [-0.2, -0.15) is 0 Å². The van der Waals surface area contributed by atoms with Crippen molar-refractivity contribution < 1.29 is 9.32 Å². The Bertz CT molecular complexity index is 512. The molecule has 5 heteroatoms. The number of hydrogen-bond acceptors (Lipinski definition) is 4. The first-order valence-electron chi connectivity index (χ1n) is 5.76. The Morgan fingerprint density at radius 3 is 2.83 bits per heavy atom. The first kappa shape index (κ1) is 12.8. The van der Waals surface area contributed by atoms with Crippen LogP contribution in [0.25, 0.3) is 0 Å². The molecule has 2 aromatic rings. The minimum Gasteiger partial charge on any atom is -0.361 e. The third kappa shape index (κ3) is 2.79. The minimum absolute atomic E-state index is 0.109. The van der Waals surface area contributed by atoms with Crippen molar-refractivity contribution in [2.45, 2.75) is 26.8 Å². The molecule has 18 heavy (non-hydrogen) atoms. The molecular weight excluding hydrogens is 248 g/mol. The predicted molar refractivity (Wildman–Crippen MR) is 70.5 cm³/mol. The lowest BCUT2D eigenvalue weighted by atomic mass is 10.2. The van der Waals surface area contributed by atoms with Crippen molar-refractivity contribution in [2.24, 2.45) is 0 Å². The van der Waals surface area contributed by atoms with Crippen molar-refractivity contribution in [3.8, 4) is 0 Å². The number of thiophene rings is 1. The molecule has 0 saturated carbocycles. The van der Waals surface area contributed by atoms with Crippen molar-refractivity contribution >= 4 is 17.2 Å². The molecule has 0 bridgehead atoms. The lowest BCUT2D eigenvalue weighted by Crippen LogP contribution is -2.27. The highest BCUT2D eigenvalue weighted by molar-refractivity contribution is 7.10. The maximum atomic E-state index is 12.0. The Hall–Kier alpha value is -1.62. The van der Waals surface area contributed by atoms with Gasteiger partial charge in [0.25, 0.3) is 0 Å². The van der Waals surface area contributed by atoms with Crippen LogP contribution in [-0.2, 0) is 17.8 Å². The number of aromatic nitrogens is 1. The van der Waals surface area contributed by atoms with Crippen molar-refractivity contribution in [1.82, 2.24) is 10.1 Å². The van der Waals surface area contributed by atoms with Crippen LogP contribution in [-0.4, -0.2) is 23.0 Å². The van der Waals surface area contributed by atoms with Crippen LogP contribution in [0.15, 0.2) is 22.0 Å². The zero-order valence-corrected chi connectivity index (χ0v) is 11.6. The fourth-order valence-corrected chi connectivity index (χ4v) is 2.45. The Balaban J connectivity index is 1.99. The van der Waals surface area contributed by atoms with E-state index in [1.54, 1.807) is 16.2 Å². The van der Waals surface area contributed by atoms with Crippen molar-refractivity contribution in [3.63, 3.8) is 0 Å². The topological polar surface area (TPSA) is 46.3 Å². The highest BCUT2D eigenvalue weighted by Crippen LogP contribution is 2.16. The summed E-state index contributed by atoms with van der Waals surface area (Å²) in [4.78, 5) is 14.8. The van der Waals surface area contributed by atoms with Crippen LogP contribution in [0.1, 0.15) is 21.9 Å². The summed E-state index contributed by atoms with van der Waals surface area (Å²) in [5.41, 5.74) is 1.85. The van der Waals surface area contributed by atoms with E-state index in [2.05, 4.69) is 5.16 Å². The van der Waals surface area contributed by atoms with Crippen LogP contribution in [0.3, 0.4) is 0 Å². The number of likely N-dealkylation sites (N-methyl/N-ethyl adjacent to an activating group) is 1. The average Bonchev–Trinajstić information content (AvgIpc) is 2.94. The number of nitrogens with zero attached hydrogens (tertiary/aromatic N) is 2. The van der Waals surface area contributed by atoms with E-state index in [9.17, 15) is 4.79 Å². The number of aryl methyl sites for hydroxylation is 2.